The van der Waals surface area contributed by atoms with Crippen LogP contribution in [0.3, 0.4) is 0 Å². The number of anilines is 1. The second-order valence-electron chi connectivity index (χ2n) is 7.54. The van der Waals surface area contributed by atoms with Crippen LogP contribution in [-0.2, 0) is 17.6 Å². The molecule has 0 spiro atoms. The van der Waals surface area contributed by atoms with E-state index < -0.39 is 17.5 Å². The number of nitrogens with one attached hydrogen (secondary N) is 2. The van der Waals surface area contributed by atoms with Gasteiger partial charge in [-0.15, -0.1) is 0 Å². The van der Waals surface area contributed by atoms with Gasteiger partial charge in [-0.1, -0.05) is 30.3 Å². The van der Waals surface area contributed by atoms with Gasteiger partial charge in [-0.2, -0.15) is 5.10 Å². The molecule has 2 aromatic carbocycles. The number of benzene rings is 2. The maximum absolute atomic E-state index is 13.9. The number of halogens is 2. The lowest BCUT2D eigenvalue weighted by atomic mass is 9.93. The van der Waals surface area contributed by atoms with Crippen LogP contribution in [0.25, 0.3) is 0 Å². The topological polar surface area (TPSA) is 83.7 Å². The SMILES string of the molecule is Cc1c(C(=O)Nc2ccc(F)cc2F)oc2c1/C(=N/NC(=O)Cc1ccccc1)CCC2. The molecule has 0 radical (unpaired) electrons. The Morgan fingerprint density at radius 1 is 1.09 bits per heavy atom. The highest BCUT2D eigenvalue weighted by atomic mass is 19.1. The third kappa shape index (κ3) is 4.59. The zero-order chi connectivity index (χ0) is 22.7. The van der Waals surface area contributed by atoms with Gasteiger partial charge >= 0.3 is 0 Å². The summed E-state index contributed by atoms with van der Waals surface area (Å²) in [5.41, 5.74) is 5.17. The van der Waals surface area contributed by atoms with E-state index in [-0.39, 0.29) is 23.8 Å². The maximum Gasteiger partial charge on any atom is 0.291 e. The highest BCUT2D eigenvalue weighted by Crippen LogP contribution is 2.30. The predicted octanol–water partition coefficient (Wildman–Crippen LogP) is 4.52. The second-order valence-corrected chi connectivity index (χ2v) is 7.54. The first-order valence-electron chi connectivity index (χ1n) is 10.2. The van der Waals surface area contributed by atoms with Gasteiger partial charge in [0.2, 0.25) is 5.91 Å². The Morgan fingerprint density at radius 3 is 2.62 bits per heavy atom. The first-order valence-corrected chi connectivity index (χ1v) is 10.2. The van der Waals surface area contributed by atoms with Crippen LogP contribution >= 0.6 is 0 Å². The minimum atomic E-state index is -0.879. The number of hydrogen-bond acceptors (Lipinski definition) is 4. The number of amides is 2. The zero-order valence-electron chi connectivity index (χ0n) is 17.4. The molecular weight excluding hydrogens is 416 g/mol. The third-order valence-corrected chi connectivity index (χ3v) is 5.23. The number of furan rings is 1. The minimum absolute atomic E-state index is 0.0314. The molecule has 32 heavy (non-hydrogen) atoms. The summed E-state index contributed by atoms with van der Waals surface area (Å²) in [4.78, 5) is 24.9. The molecule has 8 heteroatoms. The van der Waals surface area contributed by atoms with Crippen LogP contribution in [0, 0.1) is 18.6 Å². The van der Waals surface area contributed by atoms with E-state index in [4.69, 9.17) is 4.42 Å². The lowest BCUT2D eigenvalue weighted by Gasteiger charge is -2.13. The van der Waals surface area contributed by atoms with Gasteiger partial charge in [0.05, 0.1) is 17.8 Å². The van der Waals surface area contributed by atoms with Crippen molar-refractivity contribution in [3.63, 3.8) is 0 Å². The Hall–Kier alpha value is -3.81. The summed E-state index contributed by atoms with van der Waals surface area (Å²) >= 11 is 0. The molecule has 0 bridgehead atoms. The number of fused-ring (bicyclic) bond motifs is 1. The Kier molecular flexibility index (Phi) is 6.11. The van der Waals surface area contributed by atoms with Crippen molar-refractivity contribution in [2.45, 2.75) is 32.6 Å². The van der Waals surface area contributed by atoms with E-state index in [2.05, 4.69) is 15.8 Å². The molecule has 1 aromatic heterocycles. The molecule has 0 atom stereocenters. The summed E-state index contributed by atoms with van der Waals surface area (Å²) < 4.78 is 32.8. The summed E-state index contributed by atoms with van der Waals surface area (Å²) in [5, 5.41) is 6.70. The normalized spacial score (nSPS) is 14.2. The predicted molar refractivity (Wildman–Crippen MR) is 116 cm³/mol. The van der Waals surface area contributed by atoms with Crippen LogP contribution < -0.4 is 10.7 Å². The van der Waals surface area contributed by atoms with Gasteiger partial charge in [-0.05, 0) is 37.5 Å². The molecule has 1 aliphatic carbocycles. The summed E-state index contributed by atoms with van der Waals surface area (Å²) in [6.07, 6.45) is 2.19. The Morgan fingerprint density at radius 2 is 1.88 bits per heavy atom. The largest absolute Gasteiger partial charge is 0.455 e. The van der Waals surface area contributed by atoms with Gasteiger partial charge < -0.3 is 9.73 Å². The second kappa shape index (κ2) is 9.13. The van der Waals surface area contributed by atoms with Crippen LogP contribution in [-0.4, -0.2) is 17.5 Å². The zero-order valence-corrected chi connectivity index (χ0v) is 17.4. The molecule has 0 fully saturated rings. The molecule has 164 valence electrons. The fraction of sp³-hybridized carbons (Fsp3) is 0.208. The summed E-state index contributed by atoms with van der Waals surface area (Å²) in [5.74, 6) is -1.88. The van der Waals surface area contributed by atoms with Crippen molar-refractivity contribution in [3.05, 3.63) is 88.4 Å². The molecular formula is C24H21F2N3O3. The molecule has 4 rings (SSSR count). The van der Waals surface area contributed by atoms with Crippen LogP contribution in [0.5, 0.6) is 0 Å². The van der Waals surface area contributed by atoms with Crippen LogP contribution in [0.4, 0.5) is 14.5 Å². The highest BCUT2D eigenvalue weighted by molar-refractivity contribution is 6.09. The fourth-order valence-electron chi connectivity index (χ4n) is 3.72. The molecule has 2 amide bonds. The number of hydrazone groups is 1. The lowest BCUT2D eigenvalue weighted by Crippen LogP contribution is -2.23. The average Bonchev–Trinajstić information content (AvgIpc) is 3.12. The molecule has 0 saturated carbocycles. The Bertz CT molecular complexity index is 1200. The smallest absolute Gasteiger partial charge is 0.291 e. The Balaban J connectivity index is 1.52. The molecule has 0 aliphatic heterocycles. The molecule has 3 aromatic rings. The van der Waals surface area contributed by atoms with Crippen molar-refractivity contribution >= 4 is 23.2 Å². The highest BCUT2D eigenvalue weighted by Gasteiger charge is 2.28. The number of hydrogen-bond donors (Lipinski definition) is 2. The van der Waals surface area contributed by atoms with Crippen LogP contribution in [0.15, 0.2) is 58.0 Å². The van der Waals surface area contributed by atoms with Gasteiger partial charge in [-0.3, -0.25) is 9.59 Å². The summed E-state index contributed by atoms with van der Waals surface area (Å²) in [6.45, 7) is 1.71. The maximum atomic E-state index is 13.9. The first kappa shape index (κ1) is 21.4. The minimum Gasteiger partial charge on any atom is -0.455 e. The number of carbonyl (C=O) groups is 2. The first-order chi connectivity index (χ1) is 15.4. The molecule has 1 heterocycles. The van der Waals surface area contributed by atoms with E-state index in [1.54, 1.807) is 6.92 Å². The van der Waals surface area contributed by atoms with Crippen molar-refractivity contribution in [1.29, 1.82) is 0 Å². The molecule has 1 aliphatic rings. The standard InChI is InChI=1S/C24H21F2N3O3/c1-14-22-19(28-29-21(30)12-15-6-3-2-4-7-15)8-5-9-20(22)32-23(14)24(31)27-18-11-10-16(25)13-17(18)26/h2-4,6-7,10-11,13H,5,8-9,12H2,1H3,(H,27,31)(H,29,30)/b28-19+. The molecule has 2 N–H and O–H groups in total. The van der Waals surface area contributed by atoms with Gasteiger partial charge in [0, 0.05) is 23.6 Å². The van der Waals surface area contributed by atoms with E-state index in [0.29, 0.717) is 41.5 Å². The van der Waals surface area contributed by atoms with Crippen molar-refractivity contribution in [2.24, 2.45) is 5.10 Å². The van der Waals surface area contributed by atoms with E-state index in [0.717, 1.165) is 24.1 Å². The third-order valence-electron chi connectivity index (χ3n) is 5.23. The van der Waals surface area contributed by atoms with Gasteiger partial charge in [0.25, 0.3) is 5.91 Å². The molecule has 0 saturated heterocycles. The number of carbonyl (C=O) groups excluding carboxylic acids is 2. The Labute approximate surface area is 183 Å². The summed E-state index contributed by atoms with van der Waals surface area (Å²) in [7, 11) is 0. The number of aryl methyl sites for hydroxylation is 1. The van der Waals surface area contributed by atoms with E-state index in [9.17, 15) is 18.4 Å². The van der Waals surface area contributed by atoms with Gasteiger partial charge in [-0.25, -0.2) is 14.2 Å². The average molecular weight is 437 g/mol. The number of nitrogens with zero attached hydrogens (tertiary/aromatic N) is 1. The quantitative estimate of drug-likeness (QED) is 0.576. The van der Waals surface area contributed by atoms with Crippen molar-refractivity contribution in [3.8, 4) is 0 Å². The van der Waals surface area contributed by atoms with Crippen molar-refractivity contribution in [1.82, 2.24) is 5.43 Å². The number of rotatable bonds is 5. The van der Waals surface area contributed by atoms with Gasteiger partial charge in [0.15, 0.2) is 5.76 Å². The molecule has 6 nitrogen and oxygen atoms in total. The monoisotopic (exact) mass is 437 g/mol. The van der Waals surface area contributed by atoms with Gasteiger partial charge in [0.1, 0.15) is 17.4 Å². The van der Waals surface area contributed by atoms with E-state index in [1.165, 1.54) is 0 Å². The fourth-order valence-corrected chi connectivity index (χ4v) is 3.72. The summed E-state index contributed by atoms with van der Waals surface area (Å²) in [6, 6.07) is 12.2. The molecule has 0 unspecified atom stereocenters. The van der Waals surface area contributed by atoms with Crippen LogP contribution in [0.1, 0.15) is 45.8 Å². The van der Waals surface area contributed by atoms with E-state index in [1.807, 2.05) is 30.3 Å². The van der Waals surface area contributed by atoms with Crippen molar-refractivity contribution in [2.75, 3.05) is 5.32 Å². The van der Waals surface area contributed by atoms with Crippen LogP contribution in [0.2, 0.25) is 0 Å². The van der Waals surface area contributed by atoms with E-state index >= 15 is 0 Å². The lowest BCUT2D eigenvalue weighted by molar-refractivity contribution is -0.120. The van der Waals surface area contributed by atoms with Crippen molar-refractivity contribution < 1.29 is 22.8 Å².